The van der Waals surface area contributed by atoms with Crippen LogP contribution in [0.1, 0.15) is 42.9 Å². The topological polar surface area (TPSA) is 12.4 Å². The molecule has 1 unspecified atom stereocenters. The quantitative estimate of drug-likeness (QED) is 0.537. The van der Waals surface area contributed by atoms with Gasteiger partial charge in [-0.05, 0) is 48.6 Å². The maximum absolute atomic E-state index is 4.73. The van der Waals surface area contributed by atoms with Crippen LogP contribution in [0.3, 0.4) is 0 Å². The van der Waals surface area contributed by atoms with E-state index in [4.69, 9.17) is 4.99 Å². The highest BCUT2D eigenvalue weighted by Gasteiger charge is 2.13. The van der Waals surface area contributed by atoms with Gasteiger partial charge in [0, 0.05) is 11.6 Å². The van der Waals surface area contributed by atoms with Gasteiger partial charge in [0.15, 0.2) is 0 Å². The first-order valence-electron chi connectivity index (χ1n) is 8.99. The molecule has 0 N–H and O–H groups in total. The minimum absolute atomic E-state index is 0.374. The van der Waals surface area contributed by atoms with Crippen LogP contribution in [0.25, 0.3) is 5.70 Å². The standard InChI is InChI=1S/C25H25N/c1-18(2)22-12-8-14-24(16-22)25-15-9-13-23(17-25)20(4)26-19(3)21-10-6-5-7-11-21/h5-13,15-17,24H,1,4,14H2,2-3H3. The van der Waals surface area contributed by atoms with Crippen molar-refractivity contribution >= 4 is 11.4 Å². The Morgan fingerprint density at radius 1 is 0.962 bits per heavy atom. The van der Waals surface area contributed by atoms with Gasteiger partial charge in [-0.1, -0.05) is 85.5 Å². The Balaban J connectivity index is 1.84. The third kappa shape index (κ3) is 4.18. The second-order valence-electron chi connectivity index (χ2n) is 6.78. The SMILES string of the molecule is C=C(C)C1=CC(c2cccc(C(=C)N=C(C)c3ccccc3)c2)CC=C1. The summed E-state index contributed by atoms with van der Waals surface area (Å²) in [7, 11) is 0. The Morgan fingerprint density at radius 3 is 2.42 bits per heavy atom. The second-order valence-corrected chi connectivity index (χ2v) is 6.78. The lowest BCUT2D eigenvalue weighted by molar-refractivity contribution is 0.844. The zero-order valence-electron chi connectivity index (χ0n) is 15.6. The van der Waals surface area contributed by atoms with Crippen molar-refractivity contribution in [1.29, 1.82) is 0 Å². The highest BCUT2D eigenvalue weighted by Crippen LogP contribution is 2.31. The number of benzene rings is 2. The van der Waals surface area contributed by atoms with E-state index < -0.39 is 0 Å². The fraction of sp³-hybridized carbons (Fsp3) is 0.160. The first-order chi connectivity index (χ1) is 12.5. The summed E-state index contributed by atoms with van der Waals surface area (Å²) in [4.78, 5) is 4.73. The molecule has 0 fully saturated rings. The van der Waals surface area contributed by atoms with Crippen molar-refractivity contribution in [2.75, 3.05) is 0 Å². The average molecular weight is 339 g/mol. The number of rotatable bonds is 5. The van der Waals surface area contributed by atoms with Gasteiger partial charge in [0.25, 0.3) is 0 Å². The van der Waals surface area contributed by atoms with E-state index in [1.165, 1.54) is 11.1 Å². The zero-order valence-corrected chi connectivity index (χ0v) is 15.6. The molecular weight excluding hydrogens is 314 g/mol. The molecule has 0 saturated heterocycles. The van der Waals surface area contributed by atoms with Gasteiger partial charge < -0.3 is 0 Å². The van der Waals surface area contributed by atoms with Crippen LogP contribution < -0.4 is 0 Å². The fourth-order valence-electron chi connectivity index (χ4n) is 3.16. The van der Waals surface area contributed by atoms with E-state index in [1.54, 1.807) is 0 Å². The van der Waals surface area contributed by atoms with Gasteiger partial charge in [-0.3, -0.25) is 4.99 Å². The van der Waals surface area contributed by atoms with Crippen molar-refractivity contribution in [3.63, 3.8) is 0 Å². The van der Waals surface area contributed by atoms with Gasteiger partial charge in [-0.25, -0.2) is 0 Å². The molecule has 0 aliphatic heterocycles. The molecule has 1 nitrogen and oxygen atoms in total. The van der Waals surface area contributed by atoms with E-state index in [2.05, 4.69) is 74.7 Å². The van der Waals surface area contributed by atoms with Gasteiger partial charge >= 0.3 is 0 Å². The monoisotopic (exact) mass is 339 g/mol. The van der Waals surface area contributed by atoms with Crippen LogP contribution in [0.5, 0.6) is 0 Å². The molecule has 1 atom stereocenters. The van der Waals surface area contributed by atoms with E-state index >= 15 is 0 Å². The van der Waals surface area contributed by atoms with Crippen molar-refractivity contribution in [1.82, 2.24) is 0 Å². The lowest BCUT2D eigenvalue weighted by atomic mass is 9.87. The van der Waals surface area contributed by atoms with Gasteiger partial charge in [-0.15, -0.1) is 0 Å². The predicted octanol–water partition coefficient (Wildman–Crippen LogP) is 6.71. The third-order valence-electron chi connectivity index (χ3n) is 4.70. The summed E-state index contributed by atoms with van der Waals surface area (Å²) in [6.45, 7) is 12.3. The van der Waals surface area contributed by atoms with Crippen LogP contribution in [-0.4, -0.2) is 5.71 Å². The minimum atomic E-state index is 0.374. The molecule has 26 heavy (non-hydrogen) atoms. The zero-order chi connectivity index (χ0) is 18.5. The maximum atomic E-state index is 4.73. The Labute approximate surface area is 156 Å². The molecule has 0 saturated carbocycles. The van der Waals surface area contributed by atoms with Crippen molar-refractivity contribution in [3.05, 3.63) is 114 Å². The summed E-state index contributed by atoms with van der Waals surface area (Å²) in [5, 5.41) is 0. The lowest BCUT2D eigenvalue weighted by Crippen LogP contribution is -2.01. The van der Waals surface area contributed by atoms with E-state index in [9.17, 15) is 0 Å². The molecule has 1 aliphatic rings. The molecule has 2 aromatic rings. The number of nitrogens with zero attached hydrogens (tertiary/aromatic N) is 1. The molecule has 0 spiro atoms. The van der Waals surface area contributed by atoms with Gasteiger partial charge in [-0.2, -0.15) is 0 Å². The molecule has 1 aliphatic carbocycles. The van der Waals surface area contributed by atoms with Crippen molar-refractivity contribution < 1.29 is 0 Å². The predicted molar refractivity (Wildman–Crippen MR) is 114 cm³/mol. The van der Waals surface area contributed by atoms with Gasteiger partial charge in [0.2, 0.25) is 0 Å². The first-order valence-corrected chi connectivity index (χ1v) is 8.99. The molecule has 0 amide bonds. The molecule has 2 aromatic carbocycles. The summed E-state index contributed by atoms with van der Waals surface area (Å²) in [6, 6.07) is 18.8. The van der Waals surface area contributed by atoms with E-state index in [0.717, 1.165) is 34.5 Å². The van der Waals surface area contributed by atoms with Crippen LogP contribution in [0.2, 0.25) is 0 Å². The maximum Gasteiger partial charge on any atom is 0.0633 e. The summed E-state index contributed by atoms with van der Waals surface area (Å²) >= 11 is 0. The molecule has 0 bridgehead atoms. The van der Waals surface area contributed by atoms with Crippen molar-refractivity contribution in [3.8, 4) is 0 Å². The average Bonchev–Trinajstić information content (AvgIpc) is 2.68. The summed E-state index contributed by atoms with van der Waals surface area (Å²) in [6.07, 6.45) is 7.71. The van der Waals surface area contributed by atoms with Crippen LogP contribution in [-0.2, 0) is 0 Å². The third-order valence-corrected chi connectivity index (χ3v) is 4.70. The Morgan fingerprint density at radius 2 is 1.69 bits per heavy atom. The molecule has 0 radical (unpaired) electrons. The Kier molecular flexibility index (Phi) is 5.48. The van der Waals surface area contributed by atoms with Gasteiger partial charge in [0.1, 0.15) is 0 Å². The summed E-state index contributed by atoms with van der Waals surface area (Å²) in [5.74, 6) is 0.374. The van der Waals surface area contributed by atoms with Crippen LogP contribution in [0, 0.1) is 0 Å². The molecule has 3 rings (SSSR count). The van der Waals surface area contributed by atoms with Crippen LogP contribution >= 0.6 is 0 Å². The first kappa shape index (κ1) is 17.9. The lowest BCUT2D eigenvalue weighted by Gasteiger charge is -2.18. The summed E-state index contributed by atoms with van der Waals surface area (Å²) < 4.78 is 0. The number of hydrogen-bond donors (Lipinski definition) is 0. The fourth-order valence-corrected chi connectivity index (χ4v) is 3.16. The Bertz CT molecular complexity index is 910. The molecule has 130 valence electrons. The van der Waals surface area contributed by atoms with Crippen LogP contribution in [0.4, 0.5) is 0 Å². The summed E-state index contributed by atoms with van der Waals surface area (Å²) in [5.41, 5.74) is 7.58. The van der Waals surface area contributed by atoms with Crippen LogP contribution in [0.15, 0.2) is 102 Å². The molecule has 1 heteroatoms. The highest BCUT2D eigenvalue weighted by molar-refractivity contribution is 6.01. The highest BCUT2D eigenvalue weighted by atomic mass is 14.7. The normalized spacial score (nSPS) is 16.9. The minimum Gasteiger partial charge on any atom is -0.253 e. The van der Waals surface area contributed by atoms with Crippen molar-refractivity contribution in [2.24, 2.45) is 4.99 Å². The number of allylic oxidation sites excluding steroid dienone is 5. The van der Waals surface area contributed by atoms with E-state index in [0.29, 0.717) is 5.92 Å². The number of aliphatic imine (C=N–C) groups is 1. The molecular formula is C25H25N. The number of hydrogen-bond acceptors (Lipinski definition) is 1. The molecule has 0 heterocycles. The smallest absolute Gasteiger partial charge is 0.0633 e. The largest absolute Gasteiger partial charge is 0.253 e. The van der Waals surface area contributed by atoms with Crippen molar-refractivity contribution in [2.45, 2.75) is 26.2 Å². The van der Waals surface area contributed by atoms with E-state index in [-0.39, 0.29) is 0 Å². The Hall–Kier alpha value is -2.93. The van der Waals surface area contributed by atoms with Gasteiger partial charge in [0.05, 0.1) is 5.70 Å². The second kappa shape index (κ2) is 7.97. The van der Waals surface area contributed by atoms with E-state index in [1.807, 2.05) is 25.1 Å². The molecule has 0 aromatic heterocycles.